The summed E-state index contributed by atoms with van der Waals surface area (Å²) in [5, 5.41) is 10.3. The normalized spacial score (nSPS) is 15.9. The second-order valence-electron chi connectivity index (χ2n) is 6.39. The lowest BCUT2D eigenvalue weighted by molar-refractivity contribution is 0.0663. The number of aromatic carboxylic acids is 1. The largest absolute Gasteiger partial charge is 0.475 e. The van der Waals surface area contributed by atoms with E-state index in [1.54, 1.807) is 0 Å². The molecule has 0 unspecified atom stereocenters. The van der Waals surface area contributed by atoms with Crippen molar-refractivity contribution in [3.8, 4) is 0 Å². The summed E-state index contributed by atoms with van der Waals surface area (Å²) in [6.07, 6.45) is 2.13. The molecule has 3 nitrogen and oxygen atoms in total. The Hall–Kier alpha value is -1.77. The molecule has 0 atom stereocenters. The Kier molecular flexibility index (Phi) is 2.49. The van der Waals surface area contributed by atoms with Gasteiger partial charge in [-0.05, 0) is 41.9 Å². The Morgan fingerprint density at radius 3 is 2.53 bits per heavy atom. The van der Waals surface area contributed by atoms with Crippen LogP contribution in [0.25, 0.3) is 11.0 Å². The zero-order chi connectivity index (χ0) is 13.8. The molecule has 0 amide bonds. The van der Waals surface area contributed by atoms with Crippen LogP contribution in [0.5, 0.6) is 0 Å². The monoisotopic (exact) mass is 258 g/mol. The minimum absolute atomic E-state index is 0.0513. The Morgan fingerprint density at radius 1 is 1.32 bits per heavy atom. The molecule has 0 saturated heterocycles. The Balaban J connectivity index is 2.26. The SMILES string of the molecule is CC(C)(C)c1ccc2oc(C(=O)O)c(C3CC3)c2c1. The van der Waals surface area contributed by atoms with Crippen molar-refractivity contribution in [2.75, 3.05) is 0 Å². The molecule has 100 valence electrons. The quantitative estimate of drug-likeness (QED) is 0.873. The summed E-state index contributed by atoms with van der Waals surface area (Å²) in [5.41, 5.74) is 2.84. The van der Waals surface area contributed by atoms with Gasteiger partial charge >= 0.3 is 5.97 Å². The molecule has 0 spiro atoms. The lowest BCUT2D eigenvalue weighted by Crippen LogP contribution is -2.10. The molecule has 1 saturated carbocycles. The maximum atomic E-state index is 11.3. The van der Waals surface area contributed by atoms with E-state index in [4.69, 9.17) is 4.42 Å². The first-order valence-electron chi connectivity index (χ1n) is 6.68. The molecule has 2 aromatic rings. The zero-order valence-electron chi connectivity index (χ0n) is 11.5. The standard InChI is InChI=1S/C16H18O3/c1-16(2,3)10-6-7-12-11(8-10)13(9-4-5-9)14(19-12)15(17)18/h6-9H,4-5H2,1-3H3,(H,17,18). The average molecular weight is 258 g/mol. The smallest absolute Gasteiger partial charge is 0.372 e. The number of carboxylic acids is 1. The third kappa shape index (κ3) is 2.03. The second-order valence-corrected chi connectivity index (χ2v) is 6.39. The van der Waals surface area contributed by atoms with Gasteiger partial charge in [0.15, 0.2) is 0 Å². The Morgan fingerprint density at radius 2 is 2.00 bits per heavy atom. The van der Waals surface area contributed by atoms with Gasteiger partial charge in [-0.25, -0.2) is 4.79 Å². The van der Waals surface area contributed by atoms with E-state index in [9.17, 15) is 9.90 Å². The predicted molar refractivity (Wildman–Crippen MR) is 73.8 cm³/mol. The molecule has 3 rings (SSSR count). The van der Waals surface area contributed by atoms with Crippen LogP contribution in [0.1, 0.15) is 61.2 Å². The van der Waals surface area contributed by atoms with E-state index in [1.165, 1.54) is 5.56 Å². The van der Waals surface area contributed by atoms with E-state index in [0.29, 0.717) is 11.5 Å². The van der Waals surface area contributed by atoms with Crippen LogP contribution in [-0.2, 0) is 5.41 Å². The van der Waals surface area contributed by atoms with Crippen molar-refractivity contribution < 1.29 is 14.3 Å². The van der Waals surface area contributed by atoms with Crippen molar-refractivity contribution in [2.45, 2.75) is 44.9 Å². The summed E-state index contributed by atoms with van der Waals surface area (Å²) in [4.78, 5) is 11.3. The molecule has 3 heteroatoms. The highest BCUT2D eigenvalue weighted by atomic mass is 16.4. The Bertz CT molecular complexity index is 654. The van der Waals surface area contributed by atoms with Crippen LogP contribution in [0, 0.1) is 0 Å². The number of fused-ring (bicyclic) bond motifs is 1. The fourth-order valence-electron chi connectivity index (χ4n) is 2.52. The number of benzene rings is 1. The molecular weight excluding hydrogens is 240 g/mol. The summed E-state index contributed by atoms with van der Waals surface area (Å²) in [5.74, 6) is -0.471. The number of carbonyl (C=O) groups is 1. The summed E-state index contributed by atoms with van der Waals surface area (Å²) >= 11 is 0. The predicted octanol–water partition coefficient (Wildman–Crippen LogP) is 4.31. The molecule has 1 aromatic heterocycles. The number of carboxylic acid groups (broad SMARTS) is 1. The van der Waals surface area contributed by atoms with Crippen molar-refractivity contribution in [3.05, 3.63) is 35.1 Å². The fourth-order valence-corrected chi connectivity index (χ4v) is 2.52. The van der Waals surface area contributed by atoms with Gasteiger partial charge in [0.2, 0.25) is 5.76 Å². The first-order chi connectivity index (χ1) is 8.88. The van der Waals surface area contributed by atoms with Gasteiger partial charge in [0.05, 0.1) is 0 Å². The van der Waals surface area contributed by atoms with Gasteiger partial charge in [-0.2, -0.15) is 0 Å². The third-order valence-electron chi connectivity index (χ3n) is 3.77. The van der Waals surface area contributed by atoms with Crippen molar-refractivity contribution in [3.63, 3.8) is 0 Å². The van der Waals surface area contributed by atoms with Gasteiger partial charge in [0, 0.05) is 10.9 Å². The molecule has 0 bridgehead atoms. The van der Waals surface area contributed by atoms with Crippen LogP contribution in [-0.4, -0.2) is 11.1 Å². The zero-order valence-corrected chi connectivity index (χ0v) is 11.5. The van der Waals surface area contributed by atoms with Gasteiger partial charge in [0.1, 0.15) is 5.58 Å². The summed E-state index contributed by atoms with van der Waals surface area (Å²) in [6, 6.07) is 6.02. The molecule has 19 heavy (non-hydrogen) atoms. The summed E-state index contributed by atoms with van der Waals surface area (Å²) in [7, 11) is 0. The van der Waals surface area contributed by atoms with Crippen molar-refractivity contribution in [2.24, 2.45) is 0 Å². The first-order valence-corrected chi connectivity index (χ1v) is 6.68. The van der Waals surface area contributed by atoms with Gasteiger partial charge in [-0.1, -0.05) is 26.8 Å². The van der Waals surface area contributed by atoms with Crippen LogP contribution in [0.4, 0.5) is 0 Å². The fraction of sp³-hybridized carbons (Fsp3) is 0.438. The van der Waals surface area contributed by atoms with E-state index >= 15 is 0 Å². The molecule has 1 aliphatic rings. The number of furan rings is 1. The molecular formula is C16H18O3. The van der Waals surface area contributed by atoms with E-state index in [0.717, 1.165) is 23.8 Å². The summed E-state index contributed by atoms with van der Waals surface area (Å²) < 4.78 is 5.53. The molecule has 1 heterocycles. The molecule has 1 fully saturated rings. The first kappa shape index (κ1) is 12.3. The Labute approximate surface area is 112 Å². The van der Waals surface area contributed by atoms with Crippen LogP contribution in [0.15, 0.2) is 22.6 Å². The number of hydrogen-bond donors (Lipinski definition) is 1. The average Bonchev–Trinajstić information content (AvgIpc) is 3.07. The minimum atomic E-state index is -0.963. The van der Waals surface area contributed by atoms with Crippen LogP contribution >= 0.6 is 0 Å². The highest BCUT2D eigenvalue weighted by Crippen LogP contribution is 2.46. The molecule has 1 N–H and O–H groups in total. The molecule has 1 aromatic carbocycles. The van der Waals surface area contributed by atoms with Gasteiger partial charge in [-0.15, -0.1) is 0 Å². The maximum Gasteiger partial charge on any atom is 0.372 e. The van der Waals surface area contributed by atoms with Gasteiger partial charge in [-0.3, -0.25) is 0 Å². The lowest BCUT2D eigenvalue weighted by Gasteiger charge is -2.18. The molecule has 1 aliphatic carbocycles. The molecule has 0 radical (unpaired) electrons. The topological polar surface area (TPSA) is 50.4 Å². The highest BCUT2D eigenvalue weighted by molar-refractivity contribution is 5.96. The van der Waals surface area contributed by atoms with E-state index in [1.807, 2.05) is 12.1 Å². The van der Waals surface area contributed by atoms with Gasteiger partial charge < -0.3 is 9.52 Å². The maximum absolute atomic E-state index is 11.3. The van der Waals surface area contributed by atoms with Crippen molar-refractivity contribution >= 4 is 16.9 Å². The number of rotatable bonds is 2. The third-order valence-corrected chi connectivity index (χ3v) is 3.77. The second kappa shape index (κ2) is 3.86. The summed E-state index contributed by atoms with van der Waals surface area (Å²) in [6.45, 7) is 6.47. The van der Waals surface area contributed by atoms with E-state index < -0.39 is 5.97 Å². The van der Waals surface area contributed by atoms with Gasteiger partial charge in [0.25, 0.3) is 0 Å². The van der Waals surface area contributed by atoms with Crippen molar-refractivity contribution in [1.82, 2.24) is 0 Å². The number of hydrogen-bond acceptors (Lipinski definition) is 2. The van der Waals surface area contributed by atoms with Crippen LogP contribution in [0.3, 0.4) is 0 Å². The van der Waals surface area contributed by atoms with E-state index in [2.05, 4.69) is 26.8 Å². The van der Waals surface area contributed by atoms with E-state index in [-0.39, 0.29) is 11.2 Å². The highest BCUT2D eigenvalue weighted by Gasteiger charge is 2.33. The minimum Gasteiger partial charge on any atom is -0.475 e. The lowest BCUT2D eigenvalue weighted by atomic mass is 9.86. The molecule has 0 aliphatic heterocycles. The van der Waals surface area contributed by atoms with Crippen LogP contribution < -0.4 is 0 Å². The van der Waals surface area contributed by atoms with Crippen molar-refractivity contribution in [1.29, 1.82) is 0 Å². The van der Waals surface area contributed by atoms with Crippen LogP contribution in [0.2, 0.25) is 0 Å².